The van der Waals surface area contributed by atoms with Crippen molar-refractivity contribution in [3.8, 4) is 0 Å². The Balaban J connectivity index is 1.74. The summed E-state index contributed by atoms with van der Waals surface area (Å²) in [5.41, 5.74) is 2.26. The molecule has 0 aliphatic carbocycles. The van der Waals surface area contributed by atoms with E-state index in [2.05, 4.69) is 20.7 Å². The molecule has 29 heavy (non-hydrogen) atoms. The van der Waals surface area contributed by atoms with E-state index in [4.69, 9.17) is 11.6 Å². The van der Waals surface area contributed by atoms with E-state index < -0.39 is 11.0 Å². The SMILES string of the molecule is CC1=C(C(=O)Nc2ccc(Cl)cc2)[C@@H](c2ccc([N+](=O)[O-])cc2)n2ncnc2N1. The van der Waals surface area contributed by atoms with Gasteiger partial charge in [0.1, 0.15) is 12.4 Å². The summed E-state index contributed by atoms with van der Waals surface area (Å²) in [6.45, 7) is 1.77. The van der Waals surface area contributed by atoms with Gasteiger partial charge in [0.25, 0.3) is 11.6 Å². The maximum atomic E-state index is 13.1. The molecule has 1 atom stereocenters. The smallest absolute Gasteiger partial charge is 0.269 e. The number of aromatic nitrogens is 3. The molecule has 0 spiro atoms. The summed E-state index contributed by atoms with van der Waals surface area (Å²) in [6.07, 6.45) is 1.38. The highest BCUT2D eigenvalue weighted by atomic mass is 35.5. The molecule has 2 aromatic carbocycles. The van der Waals surface area contributed by atoms with Crippen molar-refractivity contribution >= 4 is 34.8 Å². The van der Waals surface area contributed by atoms with Crippen LogP contribution in [0.4, 0.5) is 17.3 Å². The normalized spacial score (nSPS) is 15.4. The molecule has 2 heterocycles. The first-order chi connectivity index (χ1) is 13.9. The summed E-state index contributed by atoms with van der Waals surface area (Å²) in [4.78, 5) is 27.8. The molecule has 0 bridgehead atoms. The van der Waals surface area contributed by atoms with Gasteiger partial charge in [0.15, 0.2) is 0 Å². The lowest BCUT2D eigenvalue weighted by Gasteiger charge is -2.28. The van der Waals surface area contributed by atoms with Crippen LogP contribution in [0.1, 0.15) is 18.5 Å². The van der Waals surface area contributed by atoms with Crippen LogP contribution in [0.15, 0.2) is 66.1 Å². The summed E-state index contributed by atoms with van der Waals surface area (Å²) < 4.78 is 1.57. The Morgan fingerprint density at radius 1 is 1.21 bits per heavy atom. The predicted molar refractivity (Wildman–Crippen MR) is 108 cm³/mol. The highest BCUT2D eigenvalue weighted by Crippen LogP contribution is 2.35. The maximum Gasteiger partial charge on any atom is 0.269 e. The van der Waals surface area contributed by atoms with Crippen LogP contribution in [-0.2, 0) is 4.79 Å². The van der Waals surface area contributed by atoms with E-state index in [1.807, 2.05) is 0 Å². The van der Waals surface area contributed by atoms with Crippen LogP contribution >= 0.6 is 11.6 Å². The number of nitro groups is 1. The highest BCUT2D eigenvalue weighted by molar-refractivity contribution is 6.30. The minimum atomic E-state index is -0.596. The van der Waals surface area contributed by atoms with Crippen LogP contribution in [-0.4, -0.2) is 25.6 Å². The molecular formula is C19H15ClN6O3. The largest absolute Gasteiger partial charge is 0.328 e. The number of nitro benzene ring substituents is 1. The number of carbonyl (C=O) groups is 1. The monoisotopic (exact) mass is 410 g/mol. The van der Waals surface area contributed by atoms with Gasteiger partial charge in [-0.15, -0.1) is 0 Å². The van der Waals surface area contributed by atoms with Crippen LogP contribution < -0.4 is 10.6 Å². The number of carbonyl (C=O) groups excluding carboxylic acids is 1. The second kappa shape index (κ2) is 7.36. The number of hydrogen-bond acceptors (Lipinski definition) is 6. The van der Waals surface area contributed by atoms with Crippen molar-refractivity contribution in [3.05, 3.63) is 86.8 Å². The first-order valence-corrected chi connectivity index (χ1v) is 9.00. The number of amides is 1. The third-order valence-electron chi connectivity index (χ3n) is 4.56. The fourth-order valence-corrected chi connectivity index (χ4v) is 3.33. The van der Waals surface area contributed by atoms with E-state index in [1.165, 1.54) is 18.5 Å². The van der Waals surface area contributed by atoms with E-state index >= 15 is 0 Å². The van der Waals surface area contributed by atoms with Crippen LogP contribution in [0, 0.1) is 10.1 Å². The first kappa shape index (κ1) is 18.6. The average Bonchev–Trinajstić information content (AvgIpc) is 3.16. The number of anilines is 2. The molecule has 10 heteroatoms. The summed E-state index contributed by atoms with van der Waals surface area (Å²) in [5, 5.41) is 21.7. The summed E-state index contributed by atoms with van der Waals surface area (Å²) in [7, 11) is 0. The van der Waals surface area contributed by atoms with Gasteiger partial charge in [0.2, 0.25) is 5.95 Å². The third-order valence-corrected chi connectivity index (χ3v) is 4.81. The fourth-order valence-electron chi connectivity index (χ4n) is 3.20. The lowest BCUT2D eigenvalue weighted by molar-refractivity contribution is -0.384. The van der Waals surface area contributed by atoms with Crippen molar-refractivity contribution in [1.29, 1.82) is 0 Å². The Kier molecular flexibility index (Phi) is 4.73. The van der Waals surface area contributed by atoms with Crippen LogP contribution in [0.3, 0.4) is 0 Å². The van der Waals surface area contributed by atoms with Gasteiger partial charge in [0, 0.05) is 28.5 Å². The number of rotatable bonds is 4. The quantitative estimate of drug-likeness (QED) is 0.499. The molecule has 0 fully saturated rings. The van der Waals surface area contributed by atoms with Crippen molar-refractivity contribution in [1.82, 2.24) is 14.8 Å². The molecule has 1 amide bonds. The van der Waals surface area contributed by atoms with E-state index in [0.717, 1.165) is 0 Å². The Hall–Kier alpha value is -3.72. The maximum absolute atomic E-state index is 13.1. The zero-order valence-electron chi connectivity index (χ0n) is 15.2. The molecule has 0 radical (unpaired) electrons. The van der Waals surface area contributed by atoms with E-state index in [9.17, 15) is 14.9 Å². The molecule has 0 saturated carbocycles. The zero-order valence-corrected chi connectivity index (χ0v) is 15.9. The minimum absolute atomic E-state index is 0.0330. The Morgan fingerprint density at radius 2 is 1.90 bits per heavy atom. The number of allylic oxidation sites excluding steroid dienone is 1. The number of nitrogens with zero attached hydrogens (tertiary/aromatic N) is 4. The molecule has 1 aromatic heterocycles. The number of benzene rings is 2. The van der Waals surface area contributed by atoms with Crippen molar-refractivity contribution in [2.24, 2.45) is 0 Å². The summed E-state index contributed by atoms with van der Waals surface area (Å²) in [6, 6.07) is 12.2. The van der Waals surface area contributed by atoms with Crippen molar-refractivity contribution < 1.29 is 9.72 Å². The first-order valence-electron chi connectivity index (χ1n) is 8.62. The Labute approximate surface area is 170 Å². The van der Waals surface area contributed by atoms with Crippen molar-refractivity contribution in [2.75, 3.05) is 10.6 Å². The lowest BCUT2D eigenvalue weighted by atomic mass is 9.95. The number of fused-ring (bicyclic) bond motifs is 1. The van der Waals surface area contributed by atoms with Gasteiger partial charge in [-0.05, 0) is 48.9 Å². The van der Waals surface area contributed by atoms with Gasteiger partial charge in [-0.3, -0.25) is 14.9 Å². The average molecular weight is 411 g/mol. The fraction of sp³-hybridized carbons (Fsp3) is 0.105. The number of halogens is 1. The van der Waals surface area contributed by atoms with Gasteiger partial charge in [0.05, 0.1) is 10.5 Å². The third kappa shape index (κ3) is 3.55. The lowest BCUT2D eigenvalue weighted by Crippen LogP contribution is -2.31. The minimum Gasteiger partial charge on any atom is -0.328 e. The summed E-state index contributed by atoms with van der Waals surface area (Å²) >= 11 is 5.90. The molecule has 146 valence electrons. The number of nitrogens with one attached hydrogen (secondary N) is 2. The van der Waals surface area contributed by atoms with Gasteiger partial charge in [-0.2, -0.15) is 10.1 Å². The standard InChI is InChI=1S/C19H15ClN6O3/c1-11-16(18(27)24-14-6-4-13(20)5-7-14)17(25-19(23-11)21-10-22-25)12-2-8-15(9-3-12)26(28)29/h2-10,17H,1H3,(H,24,27)(H,21,22,23)/t17-/m1/s1. The molecule has 0 unspecified atom stereocenters. The number of non-ortho nitro benzene ring substituents is 1. The summed E-state index contributed by atoms with van der Waals surface area (Å²) in [5.74, 6) is 0.149. The van der Waals surface area contributed by atoms with Crippen LogP contribution in [0.5, 0.6) is 0 Å². The van der Waals surface area contributed by atoms with Crippen LogP contribution in [0.2, 0.25) is 5.02 Å². The molecule has 9 nitrogen and oxygen atoms in total. The highest BCUT2D eigenvalue weighted by Gasteiger charge is 2.33. The second-order valence-electron chi connectivity index (χ2n) is 6.40. The van der Waals surface area contributed by atoms with Crippen LogP contribution in [0.25, 0.3) is 0 Å². The van der Waals surface area contributed by atoms with Crippen molar-refractivity contribution in [2.45, 2.75) is 13.0 Å². The molecule has 2 N–H and O–H groups in total. The van der Waals surface area contributed by atoms with Gasteiger partial charge in [-0.1, -0.05) is 11.6 Å². The Bertz CT molecular complexity index is 1120. The molecular weight excluding hydrogens is 396 g/mol. The Morgan fingerprint density at radius 3 is 2.55 bits per heavy atom. The van der Waals surface area contributed by atoms with Gasteiger partial charge in [-0.25, -0.2) is 4.68 Å². The van der Waals surface area contributed by atoms with E-state index in [1.54, 1.807) is 48.0 Å². The van der Waals surface area contributed by atoms with Crippen molar-refractivity contribution in [3.63, 3.8) is 0 Å². The molecule has 3 aromatic rings. The zero-order chi connectivity index (χ0) is 20.5. The predicted octanol–water partition coefficient (Wildman–Crippen LogP) is 3.77. The van der Waals surface area contributed by atoms with E-state index in [0.29, 0.717) is 33.5 Å². The van der Waals surface area contributed by atoms with Gasteiger partial charge >= 0.3 is 0 Å². The second-order valence-corrected chi connectivity index (χ2v) is 6.84. The molecule has 1 aliphatic heterocycles. The molecule has 0 saturated heterocycles. The van der Waals surface area contributed by atoms with E-state index in [-0.39, 0.29) is 11.6 Å². The molecule has 4 rings (SSSR count). The van der Waals surface area contributed by atoms with Gasteiger partial charge < -0.3 is 10.6 Å². The molecule has 1 aliphatic rings. The number of hydrogen-bond donors (Lipinski definition) is 2. The topological polar surface area (TPSA) is 115 Å².